The summed E-state index contributed by atoms with van der Waals surface area (Å²) in [7, 11) is -1.55. The Morgan fingerprint density at radius 2 is 1.90 bits per heavy atom. The van der Waals surface area contributed by atoms with Gasteiger partial charge in [0.15, 0.2) is 0 Å². The molecule has 1 rings (SSSR count). The first-order chi connectivity index (χ1) is 9.86. The summed E-state index contributed by atoms with van der Waals surface area (Å²) in [5.41, 5.74) is 0. The number of rotatable bonds is 9. The molecule has 0 aliphatic heterocycles. The SMILES string of the molecule is CC(C)N(C)CCNS(=O)(=O)c1ccc(OCCO)cc1. The second kappa shape index (κ2) is 8.33. The Bertz CT molecular complexity index is 514. The monoisotopic (exact) mass is 316 g/mol. The number of nitrogens with zero attached hydrogens (tertiary/aromatic N) is 1. The molecular formula is C14H24N2O4S. The molecule has 0 saturated heterocycles. The molecule has 0 heterocycles. The highest BCUT2D eigenvalue weighted by Crippen LogP contribution is 2.15. The Balaban J connectivity index is 2.57. The van der Waals surface area contributed by atoms with E-state index in [1.807, 2.05) is 7.05 Å². The minimum absolute atomic E-state index is 0.0784. The maximum Gasteiger partial charge on any atom is 0.240 e. The van der Waals surface area contributed by atoms with Crippen LogP contribution in [0.2, 0.25) is 0 Å². The van der Waals surface area contributed by atoms with Gasteiger partial charge in [0.05, 0.1) is 11.5 Å². The van der Waals surface area contributed by atoms with E-state index in [1.54, 1.807) is 12.1 Å². The number of sulfonamides is 1. The summed E-state index contributed by atoms with van der Waals surface area (Å²) < 4.78 is 32.0. The number of aliphatic hydroxyl groups is 1. The van der Waals surface area contributed by atoms with E-state index in [0.717, 1.165) is 0 Å². The van der Waals surface area contributed by atoms with Crippen LogP contribution in [0, 0.1) is 0 Å². The van der Waals surface area contributed by atoms with Gasteiger partial charge in [0.2, 0.25) is 10.0 Å². The van der Waals surface area contributed by atoms with Crippen LogP contribution in [0.15, 0.2) is 29.2 Å². The lowest BCUT2D eigenvalue weighted by Gasteiger charge is -2.20. The molecule has 0 unspecified atom stereocenters. The zero-order valence-electron chi connectivity index (χ0n) is 12.7. The third-order valence-corrected chi connectivity index (χ3v) is 4.61. The first-order valence-corrected chi connectivity index (χ1v) is 8.39. The van der Waals surface area contributed by atoms with Crippen molar-refractivity contribution in [3.05, 3.63) is 24.3 Å². The minimum atomic E-state index is -3.50. The predicted molar refractivity (Wildman–Crippen MR) is 82.0 cm³/mol. The Morgan fingerprint density at radius 1 is 1.29 bits per heavy atom. The van der Waals surface area contributed by atoms with E-state index in [2.05, 4.69) is 23.5 Å². The van der Waals surface area contributed by atoms with Gasteiger partial charge in [-0.1, -0.05) is 0 Å². The van der Waals surface area contributed by atoms with Crippen LogP contribution in [0.4, 0.5) is 0 Å². The molecule has 0 radical (unpaired) electrons. The molecule has 0 spiro atoms. The van der Waals surface area contributed by atoms with Crippen molar-refractivity contribution in [1.82, 2.24) is 9.62 Å². The zero-order chi connectivity index (χ0) is 15.9. The van der Waals surface area contributed by atoms with Gasteiger partial charge in [-0.3, -0.25) is 0 Å². The highest BCUT2D eigenvalue weighted by Gasteiger charge is 2.14. The molecule has 0 aromatic heterocycles. The molecular weight excluding hydrogens is 292 g/mol. The molecule has 0 bridgehead atoms. The normalized spacial score (nSPS) is 12.1. The average Bonchev–Trinajstić information content (AvgIpc) is 2.45. The molecule has 0 atom stereocenters. The Hall–Kier alpha value is -1.15. The zero-order valence-corrected chi connectivity index (χ0v) is 13.6. The van der Waals surface area contributed by atoms with Gasteiger partial charge in [-0.2, -0.15) is 0 Å². The quantitative estimate of drug-likeness (QED) is 0.700. The fourth-order valence-electron chi connectivity index (χ4n) is 1.58. The Labute approximate surface area is 126 Å². The van der Waals surface area contributed by atoms with Crippen LogP contribution < -0.4 is 9.46 Å². The molecule has 0 saturated carbocycles. The molecule has 0 aliphatic rings. The van der Waals surface area contributed by atoms with Gasteiger partial charge in [-0.15, -0.1) is 0 Å². The topological polar surface area (TPSA) is 78.9 Å². The molecule has 0 fully saturated rings. The van der Waals surface area contributed by atoms with Crippen molar-refractivity contribution in [2.75, 3.05) is 33.4 Å². The molecule has 2 N–H and O–H groups in total. The fourth-order valence-corrected chi connectivity index (χ4v) is 2.60. The van der Waals surface area contributed by atoms with Gasteiger partial charge in [-0.05, 0) is 45.2 Å². The van der Waals surface area contributed by atoms with E-state index < -0.39 is 10.0 Å². The minimum Gasteiger partial charge on any atom is -0.491 e. The molecule has 1 aromatic carbocycles. The van der Waals surface area contributed by atoms with Crippen LogP contribution in [0.25, 0.3) is 0 Å². The molecule has 0 amide bonds. The third-order valence-electron chi connectivity index (χ3n) is 3.13. The lowest BCUT2D eigenvalue weighted by atomic mass is 10.3. The molecule has 6 nitrogen and oxygen atoms in total. The lowest BCUT2D eigenvalue weighted by molar-refractivity contribution is 0.201. The molecule has 120 valence electrons. The third kappa shape index (κ3) is 6.01. The highest BCUT2D eigenvalue weighted by molar-refractivity contribution is 7.89. The van der Waals surface area contributed by atoms with E-state index in [4.69, 9.17) is 9.84 Å². The van der Waals surface area contributed by atoms with Gasteiger partial charge in [0.25, 0.3) is 0 Å². The van der Waals surface area contributed by atoms with E-state index in [0.29, 0.717) is 24.9 Å². The molecule has 1 aromatic rings. The number of aliphatic hydroxyl groups excluding tert-OH is 1. The largest absolute Gasteiger partial charge is 0.491 e. The van der Waals surface area contributed by atoms with Crippen LogP contribution in [-0.2, 0) is 10.0 Å². The number of nitrogens with one attached hydrogen (secondary N) is 1. The summed E-state index contributed by atoms with van der Waals surface area (Å²) in [6.45, 7) is 5.23. The van der Waals surface area contributed by atoms with Crippen molar-refractivity contribution >= 4 is 10.0 Å². The second-order valence-electron chi connectivity index (χ2n) is 5.02. The summed E-state index contributed by atoms with van der Waals surface area (Å²) in [5.74, 6) is 0.530. The number of hydrogen-bond acceptors (Lipinski definition) is 5. The standard InChI is InChI=1S/C14H24N2O4S/c1-12(2)16(3)9-8-15-21(18,19)14-6-4-13(5-7-14)20-11-10-17/h4-7,12,15,17H,8-11H2,1-3H3. The summed E-state index contributed by atoms with van der Waals surface area (Å²) >= 11 is 0. The van der Waals surface area contributed by atoms with Crippen LogP contribution in [0.3, 0.4) is 0 Å². The number of likely N-dealkylation sites (N-methyl/N-ethyl adjacent to an activating group) is 1. The van der Waals surface area contributed by atoms with Crippen molar-refractivity contribution in [2.45, 2.75) is 24.8 Å². The number of benzene rings is 1. The highest BCUT2D eigenvalue weighted by atomic mass is 32.2. The molecule has 21 heavy (non-hydrogen) atoms. The maximum absolute atomic E-state index is 12.1. The summed E-state index contributed by atoms with van der Waals surface area (Å²) in [6, 6.07) is 6.50. The molecule has 7 heteroatoms. The van der Waals surface area contributed by atoms with Crippen LogP contribution in [0.1, 0.15) is 13.8 Å². The van der Waals surface area contributed by atoms with Gasteiger partial charge >= 0.3 is 0 Å². The maximum atomic E-state index is 12.1. The first-order valence-electron chi connectivity index (χ1n) is 6.90. The number of hydrogen-bond donors (Lipinski definition) is 2. The lowest BCUT2D eigenvalue weighted by Crippen LogP contribution is -2.36. The van der Waals surface area contributed by atoms with E-state index in [-0.39, 0.29) is 18.1 Å². The van der Waals surface area contributed by atoms with Gasteiger partial charge < -0.3 is 14.7 Å². The van der Waals surface area contributed by atoms with Crippen molar-refractivity contribution in [1.29, 1.82) is 0 Å². The summed E-state index contributed by atoms with van der Waals surface area (Å²) in [4.78, 5) is 2.26. The number of ether oxygens (including phenoxy) is 1. The van der Waals surface area contributed by atoms with E-state index >= 15 is 0 Å². The van der Waals surface area contributed by atoms with Crippen LogP contribution in [-0.4, -0.2) is 57.8 Å². The fraction of sp³-hybridized carbons (Fsp3) is 0.571. The summed E-state index contributed by atoms with van der Waals surface area (Å²) in [5, 5.41) is 8.66. The van der Waals surface area contributed by atoms with E-state index in [9.17, 15) is 8.42 Å². The Morgan fingerprint density at radius 3 is 2.43 bits per heavy atom. The predicted octanol–water partition coefficient (Wildman–Crippen LogP) is 0.676. The van der Waals surface area contributed by atoms with Gasteiger partial charge in [0, 0.05) is 19.1 Å². The van der Waals surface area contributed by atoms with Crippen molar-refractivity contribution in [3.8, 4) is 5.75 Å². The second-order valence-corrected chi connectivity index (χ2v) is 6.78. The van der Waals surface area contributed by atoms with Crippen molar-refractivity contribution in [2.24, 2.45) is 0 Å². The first kappa shape index (κ1) is 17.9. The molecule has 0 aliphatic carbocycles. The average molecular weight is 316 g/mol. The van der Waals surface area contributed by atoms with Gasteiger partial charge in [0.1, 0.15) is 12.4 Å². The smallest absolute Gasteiger partial charge is 0.240 e. The Kier molecular flexibility index (Phi) is 7.10. The van der Waals surface area contributed by atoms with Crippen LogP contribution in [0.5, 0.6) is 5.75 Å². The van der Waals surface area contributed by atoms with Gasteiger partial charge in [-0.25, -0.2) is 13.1 Å². The summed E-state index contributed by atoms with van der Waals surface area (Å²) in [6.07, 6.45) is 0. The van der Waals surface area contributed by atoms with Crippen molar-refractivity contribution in [3.63, 3.8) is 0 Å². The van der Waals surface area contributed by atoms with E-state index in [1.165, 1.54) is 12.1 Å². The van der Waals surface area contributed by atoms with Crippen molar-refractivity contribution < 1.29 is 18.3 Å². The van der Waals surface area contributed by atoms with Crippen LogP contribution >= 0.6 is 0 Å².